The van der Waals surface area contributed by atoms with E-state index < -0.39 is 0 Å². The van der Waals surface area contributed by atoms with Gasteiger partial charge in [-0.25, -0.2) is 4.98 Å². The first-order chi connectivity index (χ1) is 11.3. The molecule has 1 fully saturated rings. The van der Waals surface area contributed by atoms with Crippen molar-refractivity contribution >= 4 is 16.8 Å². The van der Waals surface area contributed by atoms with Crippen molar-refractivity contribution < 1.29 is 13.9 Å². The molecule has 0 bridgehead atoms. The highest BCUT2D eigenvalue weighted by Gasteiger charge is 2.22. The highest BCUT2D eigenvalue weighted by Crippen LogP contribution is 2.26. The standard InChI is InChI=1S/C18H16N2O3/c21-18(20-7-10-22-11-8-20)14-12-16(17-6-3-9-23-17)19-15-5-2-1-4-13(14)15/h1-6,9,12H,7-8,10-11H2. The average molecular weight is 308 g/mol. The van der Waals surface area contributed by atoms with Gasteiger partial charge in [0, 0.05) is 18.5 Å². The van der Waals surface area contributed by atoms with Crippen LogP contribution in [0, 0.1) is 0 Å². The van der Waals surface area contributed by atoms with Gasteiger partial charge >= 0.3 is 0 Å². The third-order valence-corrected chi connectivity index (χ3v) is 4.02. The molecule has 1 aliphatic rings. The van der Waals surface area contributed by atoms with E-state index in [9.17, 15) is 4.79 Å². The van der Waals surface area contributed by atoms with Crippen LogP contribution in [-0.2, 0) is 4.74 Å². The van der Waals surface area contributed by atoms with Crippen molar-refractivity contribution in [1.82, 2.24) is 9.88 Å². The Bertz CT molecular complexity index is 837. The largest absolute Gasteiger partial charge is 0.463 e. The number of para-hydroxylation sites is 1. The zero-order valence-electron chi connectivity index (χ0n) is 12.6. The molecule has 0 unspecified atom stereocenters. The van der Waals surface area contributed by atoms with Gasteiger partial charge in [-0.1, -0.05) is 18.2 Å². The van der Waals surface area contributed by atoms with E-state index in [1.165, 1.54) is 0 Å². The first-order valence-corrected chi connectivity index (χ1v) is 7.63. The second-order valence-electron chi connectivity index (χ2n) is 5.45. The van der Waals surface area contributed by atoms with Crippen LogP contribution in [0.25, 0.3) is 22.4 Å². The topological polar surface area (TPSA) is 55.6 Å². The maximum atomic E-state index is 12.9. The third kappa shape index (κ3) is 2.59. The number of carbonyl (C=O) groups excluding carboxylic acids is 1. The van der Waals surface area contributed by atoms with Gasteiger partial charge in [-0.05, 0) is 24.3 Å². The third-order valence-electron chi connectivity index (χ3n) is 4.02. The number of furan rings is 1. The number of aromatic nitrogens is 1. The molecule has 0 spiro atoms. The number of fused-ring (bicyclic) bond motifs is 1. The molecule has 0 atom stereocenters. The molecule has 0 aliphatic carbocycles. The summed E-state index contributed by atoms with van der Waals surface area (Å²) in [7, 11) is 0. The Morgan fingerprint density at radius 2 is 1.91 bits per heavy atom. The van der Waals surface area contributed by atoms with Crippen molar-refractivity contribution in [2.45, 2.75) is 0 Å². The number of benzene rings is 1. The summed E-state index contributed by atoms with van der Waals surface area (Å²) in [4.78, 5) is 19.4. The number of amides is 1. The lowest BCUT2D eigenvalue weighted by molar-refractivity contribution is 0.0304. The zero-order valence-corrected chi connectivity index (χ0v) is 12.6. The molecule has 5 nitrogen and oxygen atoms in total. The highest BCUT2D eigenvalue weighted by atomic mass is 16.5. The number of hydrogen-bond acceptors (Lipinski definition) is 4. The van der Waals surface area contributed by atoms with Gasteiger partial charge in [-0.3, -0.25) is 4.79 Å². The Morgan fingerprint density at radius 1 is 1.09 bits per heavy atom. The van der Waals surface area contributed by atoms with Gasteiger partial charge in [0.05, 0.1) is 30.6 Å². The SMILES string of the molecule is O=C(c1cc(-c2ccco2)nc2ccccc12)N1CCOCC1. The minimum Gasteiger partial charge on any atom is -0.463 e. The van der Waals surface area contributed by atoms with Gasteiger partial charge in [-0.15, -0.1) is 0 Å². The first kappa shape index (κ1) is 14.0. The van der Waals surface area contributed by atoms with Crippen LogP contribution in [0.5, 0.6) is 0 Å². The molecule has 0 N–H and O–H groups in total. The summed E-state index contributed by atoms with van der Waals surface area (Å²) in [6.45, 7) is 2.40. The van der Waals surface area contributed by atoms with Gasteiger partial charge in [0.25, 0.3) is 5.91 Å². The molecule has 116 valence electrons. The van der Waals surface area contributed by atoms with Crippen molar-refractivity contribution in [3.05, 3.63) is 54.3 Å². The van der Waals surface area contributed by atoms with Crippen LogP contribution in [0.4, 0.5) is 0 Å². The molecule has 0 radical (unpaired) electrons. The Labute approximate surface area is 133 Å². The molecule has 5 heteroatoms. The van der Waals surface area contributed by atoms with Crippen LogP contribution >= 0.6 is 0 Å². The van der Waals surface area contributed by atoms with E-state index in [1.807, 2.05) is 47.4 Å². The lowest BCUT2D eigenvalue weighted by Crippen LogP contribution is -2.40. The molecule has 1 aromatic carbocycles. The van der Waals surface area contributed by atoms with Crippen LogP contribution in [0.1, 0.15) is 10.4 Å². The first-order valence-electron chi connectivity index (χ1n) is 7.63. The van der Waals surface area contributed by atoms with Crippen molar-refractivity contribution in [3.63, 3.8) is 0 Å². The molecule has 1 saturated heterocycles. The van der Waals surface area contributed by atoms with E-state index in [0.717, 1.165) is 10.9 Å². The molecular formula is C18H16N2O3. The monoisotopic (exact) mass is 308 g/mol. The molecule has 0 saturated carbocycles. The summed E-state index contributed by atoms with van der Waals surface area (Å²) in [6, 6.07) is 13.2. The molecule has 23 heavy (non-hydrogen) atoms. The molecule has 2 aromatic heterocycles. The van der Waals surface area contributed by atoms with Gasteiger partial charge in [-0.2, -0.15) is 0 Å². The number of rotatable bonds is 2. The summed E-state index contributed by atoms with van der Waals surface area (Å²) in [6.07, 6.45) is 1.61. The lowest BCUT2D eigenvalue weighted by atomic mass is 10.1. The van der Waals surface area contributed by atoms with Crippen LogP contribution in [0.2, 0.25) is 0 Å². The molecular weight excluding hydrogens is 292 g/mol. The molecule has 4 rings (SSSR count). The molecule has 1 amide bonds. The van der Waals surface area contributed by atoms with Gasteiger partial charge in [0.15, 0.2) is 5.76 Å². The normalized spacial score (nSPS) is 15.0. The molecule has 1 aliphatic heterocycles. The number of carbonyl (C=O) groups is 1. The molecule has 3 aromatic rings. The zero-order chi connectivity index (χ0) is 15.6. The van der Waals surface area contributed by atoms with E-state index in [-0.39, 0.29) is 5.91 Å². The van der Waals surface area contributed by atoms with Gasteiger partial charge in [0.1, 0.15) is 5.69 Å². The van der Waals surface area contributed by atoms with Gasteiger partial charge < -0.3 is 14.1 Å². The Kier molecular flexibility index (Phi) is 3.55. The smallest absolute Gasteiger partial charge is 0.254 e. The van der Waals surface area contributed by atoms with Crippen LogP contribution < -0.4 is 0 Å². The van der Waals surface area contributed by atoms with Crippen molar-refractivity contribution in [3.8, 4) is 11.5 Å². The Balaban J connectivity index is 1.84. The fourth-order valence-corrected chi connectivity index (χ4v) is 2.84. The summed E-state index contributed by atoms with van der Waals surface area (Å²) in [5.74, 6) is 0.673. The van der Waals surface area contributed by atoms with Crippen LogP contribution in [-0.4, -0.2) is 42.1 Å². The van der Waals surface area contributed by atoms with E-state index in [4.69, 9.17) is 9.15 Å². The predicted molar refractivity (Wildman–Crippen MR) is 86.2 cm³/mol. The summed E-state index contributed by atoms with van der Waals surface area (Å²) in [5.41, 5.74) is 2.12. The van der Waals surface area contributed by atoms with Gasteiger partial charge in [0.2, 0.25) is 0 Å². The summed E-state index contributed by atoms with van der Waals surface area (Å²) in [5, 5.41) is 0.860. The number of morpholine rings is 1. The predicted octanol–water partition coefficient (Wildman–Crippen LogP) is 2.97. The summed E-state index contributed by atoms with van der Waals surface area (Å²) >= 11 is 0. The van der Waals surface area contributed by atoms with E-state index in [0.29, 0.717) is 43.3 Å². The fourth-order valence-electron chi connectivity index (χ4n) is 2.84. The number of hydrogen-bond donors (Lipinski definition) is 0. The van der Waals surface area contributed by atoms with E-state index in [1.54, 1.807) is 6.26 Å². The molecule has 3 heterocycles. The van der Waals surface area contributed by atoms with Crippen molar-refractivity contribution in [1.29, 1.82) is 0 Å². The minimum absolute atomic E-state index is 0.0136. The maximum absolute atomic E-state index is 12.9. The van der Waals surface area contributed by atoms with Crippen molar-refractivity contribution in [2.24, 2.45) is 0 Å². The average Bonchev–Trinajstić information content (AvgIpc) is 3.15. The lowest BCUT2D eigenvalue weighted by Gasteiger charge is -2.27. The minimum atomic E-state index is 0.0136. The fraction of sp³-hybridized carbons (Fsp3) is 0.222. The maximum Gasteiger partial charge on any atom is 0.254 e. The quantitative estimate of drug-likeness (QED) is 0.730. The van der Waals surface area contributed by atoms with Crippen LogP contribution in [0.15, 0.2) is 53.1 Å². The number of pyridine rings is 1. The number of ether oxygens (including phenoxy) is 1. The van der Waals surface area contributed by atoms with E-state index in [2.05, 4.69) is 4.98 Å². The van der Waals surface area contributed by atoms with Crippen molar-refractivity contribution in [2.75, 3.05) is 26.3 Å². The van der Waals surface area contributed by atoms with Crippen LogP contribution in [0.3, 0.4) is 0 Å². The highest BCUT2D eigenvalue weighted by molar-refractivity contribution is 6.07. The second kappa shape index (κ2) is 5.85. The Morgan fingerprint density at radius 3 is 2.70 bits per heavy atom. The number of nitrogens with zero attached hydrogens (tertiary/aromatic N) is 2. The summed E-state index contributed by atoms with van der Waals surface area (Å²) < 4.78 is 10.8. The Hall–Kier alpha value is -2.66. The second-order valence-corrected chi connectivity index (χ2v) is 5.45. The van der Waals surface area contributed by atoms with E-state index >= 15 is 0 Å².